The first kappa shape index (κ1) is 9.21. The fraction of sp³-hybridized carbons (Fsp3) is 0.222. The Bertz CT molecular complexity index is 355. The second kappa shape index (κ2) is 3.09. The van der Waals surface area contributed by atoms with Crippen LogP contribution in [0.15, 0.2) is 24.3 Å². The number of carbonyl (C=O) groups is 1. The van der Waals surface area contributed by atoms with Gasteiger partial charge in [-0.15, -0.1) is 0 Å². The summed E-state index contributed by atoms with van der Waals surface area (Å²) in [6.45, 7) is 0. The highest BCUT2D eigenvalue weighted by Gasteiger charge is 2.43. The molecule has 1 N–H and O–H groups in total. The monoisotopic (exact) mass is 211 g/mol. The number of fused-ring (bicyclic) bond motifs is 1. The Morgan fingerprint density at radius 2 is 2.29 bits per heavy atom. The van der Waals surface area contributed by atoms with Gasteiger partial charge in [0.1, 0.15) is 5.75 Å². The normalized spacial score (nSPS) is 23.3. The minimum Gasteiger partial charge on any atom is -0.464 e. The molecule has 1 aromatic rings. The molecule has 0 fully saturated rings. The lowest BCUT2D eigenvalue weighted by atomic mass is 10.3. The molecule has 0 saturated heterocycles. The minimum absolute atomic E-state index is 0.572. The first-order valence-electron chi connectivity index (χ1n) is 4.03. The molecule has 14 heavy (non-hydrogen) atoms. The predicted molar refractivity (Wildman–Crippen MR) is 54.4 cm³/mol. The maximum absolute atomic E-state index is 11.3. The lowest BCUT2D eigenvalue weighted by Crippen LogP contribution is -2.43. The number of benzene rings is 1. The first-order chi connectivity index (χ1) is 6.65. The van der Waals surface area contributed by atoms with Crippen LogP contribution in [-0.2, 0) is 9.53 Å². The van der Waals surface area contributed by atoms with Gasteiger partial charge >= 0.3 is 11.0 Å². The average Bonchev–Trinajstić information content (AvgIpc) is 2.54. The van der Waals surface area contributed by atoms with Crippen molar-refractivity contribution >= 4 is 24.3 Å². The van der Waals surface area contributed by atoms with E-state index < -0.39 is 11.0 Å². The Kier molecular flexibility index (Phi) is 2.03. The van der Waals surface area contributed by atoms with Crippen molar-refractivity contribution in [2.45, 2.75) is 5.06 Å². The van der Waals surface area contributed by atoms with E-state index in [4.69, 9.17) is 4.74 Å². The van der Waals surface area contributed by atoms with Crippen molar-refractivity contribution in [3.8, 4) is 5.75 Å². The van der Waals surface area contributed by atoms with Crippen molar-refractivity contribution in [3.63, 3.8) is 0 Å². The van der Waals surface area contributed by atoms with E-state index in [1.54, 1.807) is 12.1 Å². The molecule has 2 rings (SSSR count). The fourth-order valence-corrected chi connectivity index (χ4v) is 1.57. The predicted octanol–water partition coefficient (Wildman–Crippen LogP) is 1.25. The van der Waals surface area contributed by atoms with Crippen molar-refractivity contribution < 1.29 is 14.3 Å². The smallest absolute Gasteiger partial charge is 0.383 e. The molecule has 0 bridgehead atoms. The molecular weight excluding hydrogens is 202 g/mol. The number of nitrogens with one attached hydrogen (secondary N) is 1. The quantitative estimate of drug-likeness (QED) is 0.542. The molecule has 0 aliphatic carbocycles. The lowest BCUT2D eigenvalue weighted by Gasteiger charge is -2.19. The maximum atomic E-state index is 11.3. The van der Waals surface area contributed by atoms with Gasteiger partial charge in [-0.3, -0.25) is 0 Å². The van der Waals surface area contributed by atoms with Gasteiger partial charge in [0, 0.05) is 0 Å². The summed E-state index contributed by atoms with van der Waals surface area (Å²) in [6, 6.07) is 7.21. The van der Waals surface area contributed by atoms with E-state index in [9.17, 15) is 4.79 Å². The van der Waals surface area contributed by atoms with E-state index in [1.807, 2.05) is 12.1 Å². The summed E-state index contributed by atoms with van der Waals surface area (Å²) in [6.07, 6.45) is 0. The molecule has 4 nitrogen and oxygen atoms in total. The summed E-state index contributed by atoms with van der Waals surface area (Å²) < 4.78 is 9.89. The molecule has 1 atom stereocenters. The molecule has 0 radical (unpaired) electrons. The number of rotatable bonds is 1. The second-order valence-corrected chi connectivity index (χ2v) is 3.49. The molecule has 1 heterocycles. The van der Waals surface area contributed by atoms with Crippen LogP contribution in [0.1, 0.15) is 0 Å². The number of hydrogen-bond acceptors (Lipinski definition) is 5. The van der Waals surface area contributed by atoms with E-state index in [-0.39, 0.29) is 0 Å². The van der Waals surface area contributed by atoms with E-state index in [2.05, 4.69) is 22.7 Å². The zero-order chi connectivity index (χ0) is 10.2. The zero-order valence-electron chi connectivity index (χ0n) is 7.48. The standard InChI is InChI=1S/C9H9NO3S/c1-12-8(11)9(14)10-6-4-2-3-5-7(6)13-9/h2-5,10,14H,1H3. The number of hydrogen-bond donors (Lipinski definition) is 2. The molecule has 0 aromatic heterocycles. The van der Waals surface area contributed by atoms with Gasteiger partial charge in [-0.05, 0) is 12.1 Å². The van der Waals surface area contributed by atoms with Crippen LogP contribution in [0.4, 0.5) is 5.69 Å². The van der Waals surface area contributed by atoms with Crippen molar-refractivity contribution in [2.24, 2.45) is 0 Å². The summed E-state index contributed by atoms with van der Waals surface area (Å²) in [5.41, 5.74) is 0.730. The number of esters is 1. The lowest BCUT2D eigenvalue weighted by molar-refractivity contribution is -0.148. The Morgan fingerprint density at radius 3 is 2.93 bits per heavy atom. The fourth-order valence-electron chi connectivity index (χ4n) is 1.26. The highest BCUT2D eigenvalue weighted by molar-refractivity contribution is 7.82. The summed E-state index contributed by atoms with van der Waals surface area (Å²) in [7, 11) is 1.29. The van der Waals surface area contributed by atoms with Crippen LogP contribution in [0.2, 0.25) is 0 Å². The first-order valence-corrected chi connectivity index (χ1v) is 4.47. The van der Waals surface area contributed by atoms with Crippen LogP contribution in [0.25, 0.3) is 0 Å². The van der Waals surface area contributed by atoms with Gasteiger partial charge in [0.15, 0.2) is 0 Å². The third-order valence-corrected chi connectivity index (χ3v) is 2.30. The summed E-state index contributed by atoms with van der Waals surface area (Å²) in [5.74, 6) is 0.0185. The Morgan fingerprint density at radius 1 is 1.57 bits per heavy atom. The molecule has 1 aromatic carbocycles. The van der Waals surface area contributed by atoms with Gasteiger partial charge in [0.05, 0.1) is 12.8 Å². The third kappa shape index (κ3) is 1.29. The van der Waals surface area contributed by atoms with Gasteiger partial charge in [-0.2, -0.15) is 0 Å². The Labute approximate surface area is 86.6 Å². The highest BCUT2D eigenvalue weighted by atomic mass is 32.1. The summed E-state index contributed by atoms with van der Waals surface area (Å²) in [5, 5.41) is 1.42. The largest absolute Gasteiger partial charge is 0.464 e. The van der Waals surface area contributed by atoms with Gasteiger partial charge in [-0.1, -0.05) is 24.8 Å². The van der Waals surface area contributed by atoms with Gasteiger partial charge in [-0.25, -0.2) is 4.79 Å². The van der Waals surface area contributed by atoms with Gasteiger partial charge in [0.2, 0.25) is 0 Å². The molecule has 1 aliphatic heterocycles. The molecule has 1 aliphatic rings. The van der Waals surface area contributed by atoms with Crippen molar-refractivity contribution in [3.05, 3.63) is 24.3 Å². The van der Waals surface area contributed by atoms with Crippen LogP contribution >= 0.6 is 12.6 Å². The summed E-state index contributed by atoms with van der Waals surface area (Å²) in [4.78, 5) is 11.3. The number of anilines is 1. The molecule has 5 heteroatoms. The SMILES string of the molecule is COC(=O)C1(S)Nc2ccccc2O1. The van der Waals surface area contributed by atoms with E-state index in [0.29, 0.717) is 5.75 Å². The third-order valence-electron chi connectivity index (χ3n) is 1.91. The number of ether oxygens (including phenoxy) is 2. The highest BCUT2D eigenvalue weighted by Crippen LogP contribution is 2.38. The number of para-hydroxylation sites is 2. The topological polar surface area (TPSA) is 47.6 Å². The number of thiol groups is 1. The van der Waals surface area contributed by atoms with Crippen LogP contribution in [-0.4, -0.2) is 18.1 Å². The van der Waals surface area contributed by atoms with Crippen molar-refractivity contribution in [2.75, 3.05) is 12.4 Å². The Balaban J connectivity index is 2.30. The van der Waals surface area contributed by atoms with Crippen molar-refractivity contribution in [1.29, 1.82) is 0 Å². The zero-order valence-corrected chi connectivity index (χ0v) is 8.38. The van der Waals surface area contributed by atoms with E-state index in [0.717, 1.165) is 5.69 Å². The van der Waals surface area contributed by atoms with Crippen LogP contribution in [0.5, 0.6) is 5.75 Å². The second-order valence-electron chi connectivity index (χ2n) is 2.86. The van der Waals surface area contributed by atoms with Gasteiger partial charge < -0.3 is 14.8 Å². The molecular formula is C9H9NO3S. The summed E-state index contributed by atoms with van der Waals surface area (Å²) >= 11 is 4.09. The maximum Gasteiger partial charge on any atom is 0.383 e. The van der Waals surface area contributed by atoms with E-state index >= 15 is 0 Å². The number of methoxy groups -OCH3 is 1. The van der Waals surface area contributed by atoms with Crippen LogP contribution < -0.4 is 10.1 Å². The number of carbonyl (C=O) groups excluding carboxylic acids is 1. The van der Waals surface area contributed by atoms with Gasteiger partial charge in [0.25, 0.3) is 0 Å². The molecule has 1 unspecified atom stereocenters. The molecule has 0 saturated carbocycles. The Hall–Kier alpha value is -1.36. The van der Waals surface area contributed by atoms with E-state index in [1.165, 1.54) is 7.11 Å². The van der Waals surface area contributed by atoms with Crippen LogP contribution in [0, 0.1) is 0 Å². The average molecular weight is 211 g/mol. The minimum atomic E-state index is -1.40. The molecule has 74 valence electrons. The molecule has 0 amide bonds. The van der Waals surface area contributed by atoms with Crippen LogP contribution in [0.3, 0.4) is 0 Å². The van der Waals surface area contributed by atoms with Crippen molar-refractivity contribution in [1.82, 2.24) is 0 Å². The molecule has 0 spiro atoms.